The molecule has 0 unspecified atom stereocenters. The third kappa shape index (κ3) is 4.52. The molecule has 2 aliphatic heterocycles. The summed E-state index contributed by atoms with van der Waals surface area (Å²) in [6, 6.07) is 5.15. The van der Waals surface area contributed by atoms with Gasteiger partial charge < -0.3 is 24.3 Å². The van der Waals surface area contributed by atoms with E-state index >= 15 is 0 Å². The molecule has 25 heavy (non-hydrogen) atoms. The molecule has 1 fully saturated rings. The maximum absolute atomic E-state index is 12.7. The summed E-state index contributed by atoms with van der Waals surface area (Å²) in [6.07, 6.45) is 2.73. The van der Waals surface area contributed by atoms with E-state index in [9.17, 15) is 4.79 Å². The molecule has 6 nitrogen and oxygen atoms in total. The second-order valence-corrected chi connectivity index (χ2v) is 6.43. The van der Waals surface area contributed by atoms with Gasteiger partial charge in [0.2, 0.25) is 0 Å². The standard InChI is InChI=1S/C19H25NO5/c1-13(2)6-9-23-16-7-8-22-12-15(16)20-19(21)14-4-3-5-17-18(14)25-11-10-24-17/h3-6,15-16H,7-12H2,1-2H3,(H,20,21)/t15-,16+/m0/s1. The van der Waals surface area contributed by atoms with Crippen LogP contribution in [0.2, 0.25) is 0 Å². The highest BCUT2D eigenvalue weighted by atomic mass is 16.6. The highest BCUT2D eigenvalue weighted by Crippen LogP contribution is 2.33. The number of rotatable bonds is 5. The Morgan fingerprint density at radius 1 is 1.28 bits per heavy atom. The van der Waals surface area contributed by atoms with E-state index in [1.807, 2.05) is 19.9 Å². The maximum atomic E-state index is 12.7. The van der Waals surface area contributed by atoms with Crippen LogP contribution in [-0.2, 0) is 9.47 Å². The molecule has 1 aromatic rings. The Kier molecular flexibility index (Phi) is 5.94. The first-order chi connectivity index (χ1) is 12.1. The smallest absolute Gasteiger partial charge is 0.255 e. The number of carbonyl (C=O) groups is 1. The SMILES string of the molecule is CC(C)=CCO[C@@H]1CCOC[C@@H]1NC(=O)c1cccc2c1OCCO2. The molecule has 0 bridgehead atoms. The molecule has 136 valence electrons. The van der Waals surface area contributed by atoms with Gasteiger partial charge in [0.1, 0.15) is 13.2 Å². The fraction of sp³-hybridized carbons (Fsp3) is 0.526. The average Bonchev–Trinajstić information content (AvgIpc) is 2.62. The van der Waals surface area contributed by atoms with Gasteiger partial charge in [0.25, 0.3) is 5.91 Å². The summed E-state index contributed by atoms with van der Waals surface area (Å²) in [5.74, 6) is 0.911. The zero-order valence-electron chi connectivity index (χ0n) is 14.7. The number of para-hydroxylation sites is 1. The summed E-state index contributed by atoms with van der Waals surface area (Å²) in [5.41, 5.74) is 1.69. The normalized spacial score (nSPS) is 22.2. The lowest BCUT2D eigenvalue weighted by molar-refractivity contribution is -0.0457. The lowest BCUT2D eigenvalue weighted by Crippen LogP contribution is -2.50. The van der Waals surface area contributed by atoms with Gasteiger partial charge in [-0.1, -0.05) is 17.7 Å². The highest BCUT2D eigenvalue weighted by molar-refractivity contribution is 5.98. The molecule has 0 radical (unpaired) electrons. The van der Waals surface area contributed by atoms with Crippen molar-refractivity contribution in [2.45, 2.75) is 32.4 Å². The van der Waals surface area contributed by atoms with Crippen LogP contribution in [0, 0.1) is 0 Å². The Hall–Kier alpha value is -2.05. The monoisotopic (exact) mass is 347 g/mol. The summed E-state index contributed by atoms with van der Waals surface area (Å²) in [5, 5.41) is 3.03. The van der Waals surface area contributed by atoms with E-state index in [-0.39, 0.29) is 18.1 Å². The zero-order chi connectivity index (χ0) is 17.6. The van der Waals surface area contributed by atoms with Gasteiger partial charge in [-0.15, -0.1) is 0 Å². The first-order valence-electron chi connectivity index (χ1n) is 8.67. The molecule has 2 heterocycles. The minimum atomic E-state index is -0.200. The molecule has 1 N–H and O–H groups in total. The average molecular weight is 347 g/mol. The molecule has 1 amide bonds. The van der Waals surface area contributed by atoms with Gasteiger partial charge in [-0.2, -0.15) is 0 Å². The maximum Gasteiger partial charge on any atom is 0.255 e. The van der Waals surface area contributed by atoms with Gasteiger partial charge in [-0.05, 0) is 32.4 Å². The molecule has 0 aromatic heterocycles. The third-order valence-corrected chi connectivity index (χ3v) is 4.22. The van der Waals surface area contributed by atoms with Crippen molar-refractivity contribution in [2.75, 3.05) is 33.0 Å². The van der Waals surface area contributed by atoms with Crippen LogP contribution in [0.3, 0.4) is 0 Å². The fourth-order valence-corrected chi connectivity index (χ4v) is 2.89. The van der Waals surface area contributed by atoms with Crippen LogP contribution < -0.4 is 14.8 Å². The van der Waals surface area contributed by atoms with Crippen molar-refractivity contribution in [3.8, 4) is 11.5 Å². The van der Waals surface area contributed by atoms with Gasteiger partial charge in [-0.3, -0.25) is 4.79 Å². The molecule has 3 rings (SSSR count). The fourth-order valence-electron chi connectivity index (χ4n) is 2.89. The van der Waals surface area contributed by atoms with Crippen LogP contribution in [0.4, 0.5) is 0 Å². The third-order valence-electron chi connectivity index (χ3n) is 4.22. The molecular formula is C19H25NO5. The van der Waals surface area contributed by atoms with Crippen LogP contribution in [0.1, 0.15) is 30.6 Å². The minimum Gasteiger partial charge on any atom is -0.486 e. The molecule has 2 aliphatic rings. The van der Waals surface area contributed by atoms with Gasteiger partial charge in [0.05, 0.1) is 30.9 Å². The Balaban J connectivity index is 1.67. The lowest BCUT2D eigenvalue weighted by Gasteiger charge is -2.32. The Labute approximate surface area is 148 Å². The Bertz CT molecular complexity index is 639. The van der Waals surface area contributed by atoms with E-state index in [1.165, 1.54) is 5.57 Å². The number of carbonyl (C=O) groups excluding carboxylic acids is 1. The van der Waals surface area contributed by atoms with E-state index in [1.54, 1.807) is 18.2 Å². The predicted molar refractivity (Wildman–Crippen MR) is 93.3 cm³/mol. The van der Waals surface area contributed by atoms with Crippen LogP contribution in [0.25, 0.3) is 0 Å². The highest BCUT2D eigenvalue weighted by Gasteiger charge is 2.29. The summed E-state index contributed by atoms with van der Waals surface area (Å²) in [7, 11) is 0. The number of hydrogen-bond acceptors (Lipinski definition) is 5. The quantitative estimate of drug-likeness (QED) is 0.828. The van der Waals surface area contributed by atoms with Gasteiger partial charge >= 0.3 is 0 Å². The van der Waals surface area contributed by atoms with E-state index in [0.29, 0.717) is 50.1 Å². The summed E-state index contributed by atoms with van der Waals surface area (Å²) >= 11 is 0. The Morgan fingerprint density at radius 2 is 2.12 bits per heavy atom. The van der Waals surface area contributed by atoms with Crippen LogP contribution in [-0.4, -0.2) is 51.1 Å². The number of amides is 1. The zero-order valence-corrected chi connectivity index (χ0v) is 14.7. The second-order valence-electron chi connectivity index (χ2n) is 6.43. The molecular weight excluding hydrogens is 322 g/mol. The molecule has 0 aliphatic carbocycles. The molecule has 0 saturated carbocycles. The van der Waals surface area contributed by atoms with E-state index in [2.05, 4.69) is 5.32 Å². The number of nitrogens with one attached hydrogen (secondary N) is 1. The van der Waals surface area contributed by atoms with E-state index in [0.717, 1.165) is 6.42 Å². The first kappa shape index (κ1) is 17.8. The van der Waals surface area contributed by atoms with Crippen molar-refractivity contribution in [2.24, 2.45) is 0 Å². The van der Waals surface area contributed by atoms with Crippen LogP contribution in [0.5, 0.6) is 11.5 Å². The first-order valence-corrected chi connectivity index (χ1v) is 8.67. The largest absolute Gasteiger partial charge is 0.486 e. The topological polar surface area (TPSA) is 66.0 Å². The number of hydrogen-bond donors (Lipinski definition) is 1. The van der Waals surface area contributed by atoms with Crippen molar-refractivity contribution in [1.82, 2.24) is 5.32 Å². The molecule has 1 saturated heterocycles. The number of fused-ring (bicyclic) bond motifs is 1. The summed E-state index contributed by atoms with van der Waals surface area (Å²) < 4.78 is 22.6. The number of allylic oxidation sites excluding steroid dienone is 1. The van der Waals surface area contributed by atoms with Gasteiger partial charge in [0.15, 0.2) is 11.5 Å². The molecule has 1 aromatic carbocycles. The van der Waals surface area contributed by atoms with E-state index < -0.39 is 0 Å². The number of ether oxygens (including phenoxy) is 4. The second kappa shape index (κ2) is 8.36. The van der Waals surface area contributed by atoms with Crippen molar-refractivity contribution >= 4 is 5.91 Å². The summed E-state index contributed by atoms with van der Waals surface area (Å²) in [4.78, 5) is 12.7. The van der Waals surface area contributed by atoms with Crippen molar-refractivity contribution in [1.29, 1.82) is 0 Å². The molecule has 2 atom stereocenters. The minimum absolute atomic E-state index is 0.0648. The van der Waals surface area contributed by atoms with E-state index in [4.69, 9.17) is 18.9 Å². The lowest BCUT2D eigenvalue weighted by atomic mass is 10.1. The van der Waals surface area contributed by atoms with Crippen LogP contribution >= 0.6 is 0 Å². The van der Waals surface area contributed by atoms with Crippen molar-refractivity contribution in [3.63, 3.8) is 0 Å². The van der Waals surface area contributed by atoms with Crippen molar-refractivity contribution < 1.29 is 23.7 Å². The predicted octanol–water partition coefficient (Wildman–Crippen LogP) is 2.33. The Morgan fingerprint density at radius 3 is 2.96 bits per heavy atom. The number of benzene rings is 1. The molecule has 6 heteroatoms. The van der Waals surface area contributed by atoms with Gasteiger partial charge in [0, 0.05) is 6.61 Å². The van der Waals surface area contributed by atoms with Crippen molar-refractivity contribution in [3.05, 3.63) is 35.4 Å². The van der Waals surface area contributed by atoms with Crippen LogP contribution in [0.15, 0.2) is 29.8 Å². The van der Waals surface area contributed by atoms with Gasteiger partial charge in [-0.25, -0.2) is 0 Å². The summed E-state index contributed by atoms with van der Waals surface area (Å²) in [6.45, 7) is 6.63. The molecule has 0 spiro atoms.